The van der Waals surface area contributed by atoms with E-state index in [1.807, 2.05) is 13.0 Å². The second kappa shape index (κ2) is 4.84. The summed E-state index contributed by atoms with van der Waals surface area (Å²) in [5.41, 5.74) is 7.07. The van der Waals surface area contributed by atoms with E-state index < -0.39 is 12.0 Å². The summed E-state index contributed by atoms with van der Waals surface area (Å²) in [5.74, 6) is -0.999. The first-order valence-corrected chi connectivity index (χ1v) is 3.66. The maximum absolute atomic E-state index is 10.5. The summed E-state index contributed by atoms with van der Waals surface area (Å²) in [7, 11) is 0. The molecular formula is C9H12ClNO2. The van der Waals surface area contributed by atoms with Crippen LogP contribution in [-0.2, 0) is 4.79 Å². The molecule has 1 rings (SSSR count). The molecule has 1 aromatic carbocycles. The minimum atomic E-state index is -0.999. The van der Waals surface area contributed by atoms with E-state index in [-0.39, 0.29) is 12.4 Å². The smallest absolute Gasteiger partial charge is 0.325 e. The van der Waals surface area contributed by atoms with E-state index in [1.54, 1.807) is 18.2 Å². The zero-order valence-corrected chi connectivity index (χ0v) is 8.04. The van der Waals surface area contributed by atoms with Gasteiger partial charge in [0.05, 0.1) is 0 Å². The molecule has 0 saturated heterocycles. The molecule has 1 atom stereocenters. The van der Waals surface area contributed by atoms with Crippen LogP contribution in [0.5, 0.6) is 0 Å². The largest absolute Gasteiger partial charge is 0.480 e. The Morgan fingerprint density at radius 3 is 2.62 bits per heavy atom. The second-order valence-electron chi connectivity index (χ2n) is 2.73. The van der Waals surface area contributed by atoms with Gasteiger partial charge in [-0.15, -0.1) is 12.4 Å². The molecule has 0 heterocycles. The summed E-state index contributed by atoms with van der Waals surface area (Å²) < 4.78 is 0. The second-order valence-corrected chi connectivity index (χ2v) is 2.73. The van der Waals surface area contributed by atoms with Crippen molar-refractivity contribution in [3.63, 3.8) is 0 Å². The van der Waals surface area contributed by atoms with Crippen molar-refractivity contribution in [3.05, 3.63) is 35.4 Å². The molecule has 3 nitrogen and oxygen atoms in total. The molecule has 0 radical (unpaired) electrons. The predicted octanol–water partition coefficient (Wildman–Crippen LogP) is 1.50. The number of carboxylic acids is 1. The summed E-state index contributed by atoms with van der Waals surface area (Å²) in [4.78, 5) is 10.5. The van der Waals surface area contributed by atoms with E-state index in [9.17, 15) is 4.79 Å². The Balaban J connectivity index is 0.00000144. The molecule has 4 heteroatoms. The normalized spacial score (nSPS) is 11.5. The van der Waals surface area contributed by atoms with Crippen LogP contribution in [-0.4, -0.2) is 11.1 Å². The minimum Gasteiger partial charge on any atom is -0.480 e. The first-order valence-electron chi connectivity index (χ1n) is 3.66. The molecule has 0 amide bonds. The topological polar surface area (TPSA) is 63.3 Å². The summed E-state index contributed by atoms with van der Waals surface area (Å²) in [6.07, 6.45) is 0. The van der Waals surface area contributed by atoms with Gasteiger partial charge in [0.1, 0.15) is 6.04 Å². The number of carbonyl (C=O) groups is 1. The highest BCUT2D eigenvalue weighted by atomic mass is 35.5. The van der Waals surface area contributed by atoms with Crippen molar-refractivity contribution in [1.29, 1.82) is 0 Å². The van der Waals surface area contributed by atoms with Crippen LogP contribution >= 0.6 is 12.4 Å². The standard InChI is InChI=1S/C9H11NO2.ClH/c1-6-3-2-4-7(5-6)8(10)9(11)12;/h2-5,8H,10H2,1H3,(H,11,12);1H. The van der Waals surface area contributed by atoms with Crippen LogP contribution in [0.4, 0.5) is 0 Å². The Kier molecular flexibility index (Phi) is 4.45. The Labute approximate surface area is 83.0 Å². The number of carboxylic acid groups (broad SMARTS) is 1. The van der Waals surface area contributed by atoms with Gasteiger partial charge in [-0.2, -0.15) is 0 Å². The lowest BCUT2D eigenvalue weighted by atomic mass is 10.1. The summed E-state index contributed by atoms with van der Waals surface area (Å²) in [6.45, 7) is 1.90. The van der Waals surface area contributed by atoms with Crippen LogP contribution in [0.3, 0.4) is 0 Å². The number of aliphatic carboxylic acids is 1. The lowest BCUT2D eigenvalue weighted by molar-refractivity contribution is -0.138. The molecule has 72 valence electrons. The highest BCUT2D eigenvalue weighted by Gasteiger charge is 2.13. The van der Waals surface area contributed by atoms with E-state index in [0.717, 1.165) is 5.56 Å². The molecule has 0 fully saturated rings. The first kappa shape index (κ1) is 11.9. The quantitative estimate of drug-likeness (QED) is 0.762. The minimum absolute atomic E-state index is 0. The highest BCUT2D eigenvalue weighted by Crippen LogP contribution is 2.11. The van der Waals surface area contributed by atoms with Crippen molar-refractivity contribution in [1.82, 2.24) is 0 Å². The van der Waals surface area contributed by atoms with E-state index in [4.69, 9.17) is 10.8 Å². The molecule has 3 N–H and O–H groups in total. The predicted molar refractivity (Wildman–Crippen MR) is 53.0 cm³/mol. The average Bonchev–Trinajstić information content (AvgIpc) is 2.03. The summed E-state index contributed by atoms with van der Waals surface area (Å²) >= 11 is 0. The number of aryl methyl sites for hydroxylation is 1. The maximum Gasteiger partial charge on any atom is 0.325 e. The van der Waals surface area contributed by atoms with Crippen LogP contribution in [0.2, 0.25) is 0 Å². The molecule has 0 aromatic heterocycles. The SMILES string of the molecule is Cc1cccc(C(N)C(=O)O)c1.Cl. The highest BCUT2D eigenvalue weighted by molar-refractivity contribution is 5.85. The third-order valence-corrected chi connectivity index (χ3v) is 1.67. The molecule has 0 aliphatic heterocycles. The fourth-order valence-corrected chi connectivity index (χ4v) is 1.01. The van der Waals surface area contributed by atoms with Crippen LogP contribution in [0, 0.1) is 6.92 Å². The third kappa shape index (κ3) is 3.05. The Morgan fingerprint density at radius 2 is 2.15 bits per heavy atom. The molecule has 0 bridgehead atoms. The van der Waals surface area contributed by atoms with Crippen LogP contribution in [0.15, 0.2) is 24.3 Å². The van der Waals surface area contributed by atoms with E-state index in [0.29, 0.717) is 5.56 Å². The van der Waals surface area contributed by atoms with Crippen LogP contribution < -0.4 is 5.73 Å². The molecule has 1 aromatic rings. The van der Waals surface area contributed by atoms with Crippen molar-refractivity contribution in [2.45, 2.75) is 13.0 Å². The van der Waals surface area contributed by atoms with E-state index in [1.165, 1.54) is 0 Å². The molecule has 0 aliphatic carbocycles. The molecule has 0 spiro atoms. The van der Waals surface area contributed by atoms with Crippen molar-refractivity contribution < 1.29 is 9.90 Å². The maximum atomic E-state index is 10.5. The van der Waals surface area contributed by atoms with Gasteiger partial charge in [0.25, 0.3) is 0 Å². The van der Waals surface area contributed by atoms with Crippen molar-refractivity contribution >= 4 is 18.4 Å². The van der Waals surface area contributed by atoms with Crippen molar-refractivity contribution in [3.8, 4) is 0 Å². The van der Waals surface area contributed by atoms with Crippen LogP contribution in [0.25, 0.3) is 0 Å². The van der Waals surface area contributed by atoms with Crippen molar-refractivity contribution in [2.75, 3.05) is 0 Å². The van der Waals surface area contributed by atoms with Gasteiger partial charge in [0.15, 0.2) is 0 Å². The lowest BCUT2D eigenvalue weighted by Crippen LogP contribution is -2.20. The molecule has 0 aliphatic rings. The van der Waals surface area contributed by atoms with Gasteiger partial charge in [-0.1, -0.05) is 29.8 Å². The first-order chi connectivity index (χ1) is 5.61. The molecule has 13 heavy (non-hydrogen) atoms. The number of halogens is 1. The Hall–Kier alpha value is -1.06. The number of benzene rings is 1. The van der Waals surface area contributed by atoms with Gasteiger partial charge >= 0.3 is 5.97 Å². The zero-order chi connectivity index (χ0) is 9.14. The molecular weight excluding hydrogens is 190 g/mol. The molecule has 0 saturated carbocycles. The van der Waals surface area contributed by atoms with Gasteiger partial charge in [-0.3, -0.25) is 4.79 Å². The van der Waals surface area contributed by atoms with E-state index >= 15 is 0 Å². The van der Waals surface area contributed by atoms with E-state index in [2.05, 4.69) is 0 Å². The van der Waals surface area contributed by atoms with Gasteiger partial charge < -0.3 is 10.8 Å². The number of nitrogens with two attached hydrogens (primary N) is 1. The van der Waals surface area contributed by atoms with Crippen molar-refractivity contribution in [2.24, 2.45) is 5.73 Å². The molecule has 1 unspecified atom stereocenters. The van der Waals surface area contributed by atoms with Gasteiger partial charge in [-0.25, -0.2) is 0 Å². The number of hydrogen-bond acceptors (Lipinski definition) is 2. The fraction of sp³-hybridized carbons (Fsp3) is 0.222. The Morgan fingerprint density at radius 1 is 1.54 bits per heavy atom. The summed E-state index contributed by atoms with van der Waals surface area (Å²) in [6, 6.07) is 6.28. The average molecular weight is 202 g/mol. The third-order valence-electron chi connectivity index (χ3n) is 1.67. The number of rotatable bonds is 2. The number of hydrogen-bond donors (Lipinski definition) is 2. The fourth-order valence-electron chi connectivity index (χ4n) is 1.01. The monoisotopic (exact) mass is 201 g/mol. The van der Waals surface area contributed by atoms with Gasteiger partial charge in [0, 0.05) is 0 Å². The van der Waals surface area contributed by atoms with Crippen LogP contribution in [0.1, 0.15) is 17.2 Å². The van der Waals surface area contributed by atoms with Gasteiger partial charge in [-0.05, 0) is 12.5 Å². The zero-order valence-electron chi connectivity index (χ0n) is 7.23. The van der Waals surface area contributed by atoms with Gasteiger partial charge in [0.2, 0.25) is 0 Å². The summed E-state index contributed by atoms with van der Waals surface area (Å²) in [5, 5.41) is 8.60. The Bertz CT molecular complexity index is 301. The lowest BCUT2D eigenvalue weighted by Gasteiger charge is -2.06.